The summed E-state index contributed by atoms with van der Waals surface area (Å²) in [6.07, 6.45) is -0.250. The fraction of sp³-hybridized carbons (Fsp3) is 0.235. The largest absolute Gasteiger partial charge is 0.416 e. The van der Waals surface area contributed by atoms with Crippen molar-refractivity contribution in [3.63, 3.8) is 0 Å². The van der Waals surface area contributed by atoms with Crippen molar-refractivity contribution in [2.24, 2.45) is 0 Å². The summed E-state index contributed by atoms with van der Waals surface area (Å²) in [5.41, 5.74) is -0.308. The maximum atomic E-state index is 12.5. The zero-order valence-electron chi connectivity index (χ0n) is 13.5. The molecular formula is C17H15F3N4O2. The number of nitrogens with zero attached hydrogens (tertiary/aromatic N) is 3. The summed E-state index contributed by atoms with van der Waals surface area (Å²) < 4.78 is 39.2. The number of halogens is 3. The van der Waals surface area contributed by atoms with Gasteiger partial charge in [-0.2, -0.15) is 18.3 Å². The molecule has 6 nitrogen and oxygen atoms in total. The van der Waals surface area contributed by atoms with Crippen LogP contribution in [0, 0.1) is 0 Å². The average molecular weight is 364 g/mol. The van der Waals surface area contributed by atoms with Crippen LogP contribution in [-0.4, -0.2) is 34.7 Å². The summed E-state index contributed by atoms with van der Waals surface area (Å²) in [7, 11) is 0. The van der Waals surface area contributed by atoms with Crippen molar-refractivity contribution in [3.05, 3.63) is 53.7 Å². The molecule has 0 bridgehead atoms. The van der Waals surface area contributed by atoms with Crippen LogP contribution < -0.4 is 10.2 Å². The topological polar surface area (TPSA) is 67.2 Å². The molecule has 1 aliphatic heterocycles. The average Bonchev–Trinajstić information content (AvgIpc) is 3.21. The number of amides is 2. The Morgan fingerprint density at radius 1 is 1.15 bits per heavy atom. The first kappa shape index (κ1) is 17.7. The van der Waals surface area contributed by atoms with Crippen molar-refractivity contribution in [1.29, 1.82) is 0 Å². The number of carbonyl (C=O) groups is 2. The van der Waals surface area contributed by atoms with Crippen LogP contribution >= 0.6 is 0 Å². The van der Waals surface area contributed by atoms with Gasteiger partial charge in [0.2, 0.25) is 11.8 Å². The van der Waals surface area contributed by atoms with Gasteiger partial charge >= 0.3 is 6.18 Å². The number of nitrogens with one attached hydrogen (secondary N) is 1. The first-order chi connectivity index (χ1) is 12.3. The summed E-state index contributed by atoms with van der Waals surface area (Å²) in [6, 6.07) is 6.14. The third-order valence-electron chi connectivity index (χ3n) is 3.89. The molecule has 26 heavy (non-hydrogen) atoms. The molecule has 0 atom stereocenters. The molecule has 0 fully saturated rings. The second-order valence-corrected chi connectivity index (χ2v) is 5.63. The fourth-order valence-corrected chi connectivity index (χ4v) is 2.56. The lowest BCUT2D eigenvalue weighted by Crippen LogP contribution is -2.38. The molecule has 136 valence electrons. The van der Waals surface area contributed by atoms with Crippen molar-refractivity contribution < 1.29 is 22.8 Å². The van der Waals surface area contributed by atoms with Crippen LogP contribution in [0.4, 0.5) is 19.0 Å². The van der Waals surface area contributed by atoms with Gasteiger partial charge in [-0.15, -0.1) is 0 Å². The van der Waals surface area contributed by atoms with E-state index in [4.69, 9.17) is 0 Å². The molecular weight excluding hydrogens is 349 g/mol. The maximum Gasteiger partial charge on any atom is 0.416 e. The van der Waals surface area contributed by atoms with Gasteiger partial charge in [0.1, 0.15) is 5.82 Å². The second kappa shape index (κ2) is 7.03. The Kier molecular flexibility index (Phi) is 4.79. The molecule has 2 heterocycles. The van der Waals surface area contributed by atoms with Crippen LogP contribution in [-0.2, 0) is 22.3 Å². The summed E-state index contributed by atoms with van der Waals surface area (Å²) in [5, 5.41) is 6.52. The van der Waals surface area contributed by atoms with Crippen molar-refractivity contribution in [2.45, 2.75) is 12.7 Å². The molecule has 0 aliphatic carbocycles. The number of rotatable bonds is 4. The van der Waals surface area contributed by atoms with Gasteiger partial charge < -0.3 is 5.32 Å². The molecule has 0 unspecified atom stereocenters. The highest BCUT2D eigenvalue weighted by Crippen LogP contribution is 2.29. The van der Waals surface area contributed by atoms with Crippen LogP contribution in [0.3, 0.4) is 0 Å². The first-order valence-electron chi connectivity index (χ1n) is 7.80. The van der Waals surface area contributed by atoms with Crippen molar-refractivity contribution in [1.82, 2.24) is 15.1 Å². The molecule has 0 radical (unpaired) electrons. The third kappa shape index (κ3) is 3.93. The number of alkyl halides is 3. The number of carbonyl (C=O) groups excluding carboxylic acids is 2. The highest BCUT2D eigenvalue weighted by Gasteiger charge is 2.29. The smallest absolute Gasteiger partial charge is 0.343 e. The summed E-state index contributed by atoms with van der Waals surface area (Å²) >= 11 is 0. The highest BCUT2D eigenvalue weighted by molar-refractivity contribution is 5.99. The SMILES string of the molecule is O=C(/C=C/c1ccc(C(F)(F)F)cc1)NCC(=O)N1CCn2nccc21. The molecule has 3 rings (SSSR count). The predicted molar refractivity (Wildman–Crippen MR) is 88.1 cm³/mol. The molecule has 2 amide bonds. The summed E-state index contributed by atoms with van der Waals surface area (Å²) in [5.74, 6) is -0.0870. The van der Waals surface area contributed by atoms with Crippen LogP contribution in [0.25, 0.3) is 6.08 Å². The lowest BCUT2D eigenvalue weighted by atomic mass is 10.1. The molecule has 0 saturated heterocycles. The van der Waals surface area contributed by atoms with E-state index in [1.54, 1.807) is 16.9 Å². The Labute approximate surface area is 146 Å². The Bertz CT molecular complexity index is 840. The third-order valence-corrected chi connectivity index (χ3v) is 3.89. The number of hydrogen-bond acceptors (Lipinski definition) is 3. The van der Waals surface area contributed by atoms with E-state index in [0.717, 1.165) is 12.1 Å². The molecule has 2 aromatic rings. The van der Waals surface area contributed by atoms with E-state index in [1.165, 1.54) is 29.2 Å². The van der Waals surface area contributed by atoms with Gasteiger partial charge in [-0.25, -0.2) is 4.68 Å². The van der Waals surface area contributed by atoms with Crippen molar-refractivity contribution >= 4 is 23.7 Å². The van der Waals surface area contributed by atoms with Gasteiger partial charge in [-0.05, 0) is 23.8 Å². The van der Waals surface area contributed by atoms with Crippen molar-refractivity contribution in [3.8, 4) is 0 Å². The minimum atomic E-state index is -4.40. The van der Waals surface area contributed by atoms with Gasteiger partial charge in [-0.3, -0.25) is 14.5 Å². The Morgan fingerprint density at radius 3 is 2.58 bits per heavy atom. The molecule has 9 heteroatoms. The molecule has 0 spiro atoms. The Morgan fingerprint density at radius 2 is 1.88 bits per heavy atom. The minimum Gasteiger partial charge on any atom is -0.343 e. The maximum absolute atomic E-state index is 12.5. The summed E-state index contributed by atoms with van der Waals surface area (Å²) in [6.45, 7) is 0.927. The molecule has 1 aliphatic rings. The monoisotopic (exact) mass is 364 g/mol. The highest BCUT2D eigenvalue weighted by atomic mass is 19.4. The quantitative estimate of drug-likeness (QED) is 0.845. The van der Waals surface area contributed by atoms with E-state index < -0.39 is 17.6 Å². The van der Waals surface area contributed by atoms with Gasteiger partial charge in [0.25, 0.3) is 0 Å². The van der Waals surface area contributed by atoms with E-state index in [-0.39, 0.29) is 12.5 Å². The number of hydrogen-bond donors (Lipinski definition) is 1. The minimum absolute atomic E-state index is 0.179. The molecule has 1 N–H and O–H groups in total. The summed E-state index contributed by atoms with van der Waals surface area (Å²) in [4.78, 5) is 25.5. The standard InChI is InChI=1S/C17H15F3N4O2/c18-17(19,20)13-4-1-12(2-5-13)3-6-14(25)21-11-16(26)23-9-10-24-15(23)7-8-22-24/h1-8H,9-11H2,(H,21,25)/b6-3+. The van der Waals surface area contributed by atoms with Crippen LogP contribution in [0.1, 0.15) is 11.1 Å². The number of aromatic nitrogens is 2. The van der Waals surface area contributed by atoms with E-state index in [1.807, 2.05) is 0 Å². The lowest BCUT2D eigenvalue weighted by molar-refractivity contribution is -0.137. The Balaban J connectivity index is 1.51. The van der Waals surface area contributed by atoms with Gasteiger partial charge in [0.15, 0.2) is 0 Å². The van der Waals surface area contributed by atoms with E-state index in [9.17, 15) is 22.8 Å². The van der Waals surface area contributed by atoms with E-state index in [2.05, 4.69) is 10.4 Å². The van der Waals surface area contributed by atoms with Gasteiger partial charge in [-0.1, -0.05) is 12.1 Å². The molecule has 1 aromatic carbocycles. The number of benzene rings is 1. The van der Waals surface area contributed by atoms with Crippen LogP contribution in [0.5, 0.6) is 0 Å². The fourth-order valence-electron chi connectivity index (χ4n) is 2.56. The van der Waals surface area contributed by atoms with Gasteiger partial charge in [0, 0.05) is 18.7 Å². The first-order valence-corrected chi connectivity index (χ1v) is 7.80. The zero-order chi connectivity index (χ0) is 18.7. The number of fused-ring (bicyclic) bond motifs is 1. The molecule has 1 aromatic heterocycles. The lowest BCUT2D eigenvalue weighted by Gasteiger charge is -2.14. The van der Waals surface area contributed by atoms with E-state index >= 15 is 0 Å². The number of anilines is 1. The zero-order valence-corrected chi connectivity index (χ0v) is 13.5. The van der Waals surface area contributed by atoms with E-state index in [0.29, 0.717) is 24.5 Å². The second-order valence-electron chi connectivity index (χ2n) is 5.63. The normalized spacial score (nSPS) is 13.9. The molecule has 0 saturated carbocycles. The van der Waals surface area contributed by atoms with Gasteiger partial charge in [0.05, 0.1) is 24.8 Å². The van der Waals surface area contributed by atoms with Crippen molar-refractivity contribution in [2.75, 3.05) is 18.0 Å². The van der Waals surface area contributed by atoms with Crippen LogP contribution in [0.2, 0.25) is 0 Å². The Hall–Kier alpha value is -3.10. The predicted octanol–water partition coefficient (Wildman–Crippen LogP) is 2.08. The van der Waals surface area contributed by atoms with Crippen LogP contribution in [0.15, 0.2) is 42.6 Å².